The molecule has 0 N–H and O–H groups in total. The Morgan fingerprint density at radius 1 is 0.754 bits per heavy atom. The molecular weight excluding hydrogens is 941 g/mol. The zero-order valence-electron chi connectivity index (χ0n) is 35.6. The van der Waals surface area contributed by atoms with Crippen molar-refractivity contribution in [2.45, 2.75) is 50.3 Å². The Bertz CT molecular complexity index is 3120. The van der Waals surface area contributed by atoms with Gasteiger partial charge in [0.2, 0.25) is 5.71 Å². The van der Waals surface area contributed by atoms with Crippen LogP contribution in [0.4, 0.5) is 0 Å². The molecule has 5 aromatic heterocycles. The standard InChI is InChI=1S/C34H24N3O2.C15H18GeN.Ir/c1-34(2,3)20-13-15-22-23-16-14-21(19-30(23)38-29(22)18-20)37-28-12-5-4-11-27(28)36-32(37)26-9-6-8-24-25-10-7-17-35-33(25)39-31(24)26;1-12-5-7-13(8-6-12)15-10-9-14(11-17-15)16(2,3)4;/h4-8,10-19H,1-3H3;5-7,9-11H,1-4H3;/q2*-1;/i;1D3;. The molecule has 5 aromatic carbocycles. The molecule has 0 amide bonds. The summed E-state index contributed by atoms with van der Waals surface area (Å²) in [6.07, 6.45) is 3.69. The monoisotopic (exact) mass is 988 g/mol. The predicted molar refractivity (Wildman–Crippen MR) is 233 cm³/mol. The summed E-state index contributed by atoms with van der Waals surface area (Å²) in [6, 6.07) is 44.4. The van der Waals surface area contributed by atoms with E-state index in [9.17, 15) is 0 Å². The molecule has 1 radical (unpaired) electrons. The average Bonchev–Trinajstić information content (AvgIpc) is 3.91. The van der Waals surface area contributed by atoms with E-state index in [0.29, 0.717) is 11.3 Å². The summed E-state index contributed by atoms with van der Waals surface area (Å²) in [5, 5.41) is 4.18. The number of benzene rings is 5. The van der Waals surface area contributed by atoms with Crippen molar-refractivity contribution in [3.63, 3.8) is 0 Å². The van der Waals surface area contributed by atoms with Gasteiger partial charge in [0.1, 0.15) is 11.2 Å². The average molecular weight is 987 g/mol. The summed E-state index contributed by atoms with van der Waals surface area (Å²) in [6.45, 7) is 4.58. The Hall–Kier alpha value is -5.34. The molecule has 10 rings (SSSR count). The smallest absolute Gasteiger partial charge is 0 e. The number of nitrogens with zero attached hydrogens (tertiary/aromatic N) is 4. The van der Waals surface area contributed by atoms with Gasteiger partial charge in [-0.3, -0.25) is 4.98 Å². The van der Waals surface area contributed by atoms with Crippen molar-refractivity contribution in [3.05, 3.63) is 151 Å². The van der Waals surface area contributed by atoms with Gasteiger partial charge in [0.15, 0.2) is 0 Å². The molecule has 5 heterocycles. The first-order valence-electron chi connectivity index (χ1n) is 20.3. The minimum Gasteiger partial charge on any atom is 0 e. The number of hydrogen-bond donors (Lipinski definition) is 0. The Kier molecular flexibility index (Phi) is 9.10. The Morgan fingerprint density at radius 2 is 1.56 bits per heavy atom. The van der Waals surface area contributed by atoms with Crippen molar-refractivity contribution in [2.24, 2.45) is 0 Å². The van der Waals surface area contributed by atoms with Gasteiger partial charge in [-0.1, -0.05) is 56.0 Å². The van der Waals surface area contributed by atoms with Crippen LogP contribution >= 0.6 is 0 Å². The van der Waals surface area contributed by atoms with E-state index in [1.807, 2.05) is 54.7 Å². The number of aromatic nitrogens is 4. The molecule has 0 spiro atoms. The molecule has 10 aromatic rings. The van der Waals surface area contributed by atoms with Crippen LogP contribution in [0, 0.1) is 19.0 Å². The summed E-state index contributed by atoms with van der Waals surface area (Å²) < 4.78 is 38.2. The van der Waals surface area contributed by atoms with Gasteiger partial charge in [0, 0.05) is 54.2 Å². The first kappa shape index (κ1) is 34.9. The molecule has 0 fully saturated rings. The SMILES string of the molecule is CC(C)(C)c1ccc2c(c1)oc1cc(-n3c(-c4[c-]ccc5c4oc4ncccc45)nc4ccccc43)ccc12.[2H]C([2H])([2H])c1c[c-]c(-c2cc[c]([Ge]([CH3])([CH3])[CH3])cn2)cc1.[Ir]. The topological polar surface area (TPSA) is 69.9 Å². The molecule has 0 bridgehead atoms. The maximum Gasteiger partial charge on any atom is 0 e. The summed E-state index contributed by atoms with van der Waals surface area (Å²) in [4.78, 5) is 14.0. The zero-order chi connectivity index (χ0) is 41.3. The van der Waals surface area contributed by atoms with Crippen molar-refractivity contribution in [1.29, 1.82) is 0 Å². The number of pyridine rings is 2. The van der Waals surface area contributed by atoms with Crippen molar-refractivity contribution in [2.75, 3.05) is 0 Å². The van der Waals surface area contributed by atoms with Crippen LogP contribution < -0.4 is 4.40 Å². The fourth-order valence-electron chi connectivity index (χ4n) is 7.15. The van der Waals surface area contributed by atoms with E-state index in [0.717, 1.165) is 77.7 Å². The van der Waals surface area contributed by atoms with Crippen LogP contribution in [-0.4, -0.2) is 32.8 Å². The summed E-state index contributed by atoms with van der Waals surface area (Å²) in [7, 11) is 0. The van der Waals surface area contributed by atoms with Crippen LogP contribution in [0.15, 0.2) is 136 Å². The van der Waals surface area contributed by atoms with Crippen molar-refractivity contribution >= 4 is 72.7 Å². The largest absolute Gasteiger partial charge is 0 e. The Labute approximate surface area is 352 Å². The van der Waals surface area contributed by atoms with Crippen molar-refractivity contribution < 1.29 is 33.1 Å². The summed E-state index contributed by atoms with van der Waals surface area (Å²) in [5.41, 5.74) is 9.98. The molecule has 0 unspecified atom stereocenters. The van der Waals surface area contributed by atoms with Gasteiger partial charge in [-0.25, -0.2) is 4.98 Å². The second-order valence-electron chi connectivity index (χ2n) is 16.2. The van der Waals surface area contributed by atoms with Gasteiger partial charge >= 0.3 is 110 Å². The molecule has 0 atom stereocenters. The van der Waals surface area contributed by atoms with E-state index < -0.39 is 20.1 Å². The quantitative estimate of drug-likeness (QED) is 0.130. The van der Waals surface area contributed by atoms with Crippen LogP contribution in [-0.2, 0) is 25.5 Å². The fourth-order valence-corrected chi connectivity index (χ4v) is 9.32. The number of rotatable bonds is 4. The van der Waals surface area contributed by atoms with Gasteiger partial charge in [0.25, 0.3) is 0 Å². The van der Waals surface area contributed by atoms with Crippen LogP contribution in [0.3, 0.4) is 0 Å². The molecule has 0 aliphatic rings. The minimum absolute atomic E-state index is 0. The third-order valence-corrected chi connectivity index (χ3v) is 14.5. The predicted octanol–water partition coefficient (Wildman–Crippen LogP) is 12.4. The molecule has 8 heteroatoms. The fraction of sp³-hybridized carbons (Fsp3) is 0.163. The molecule has 0 saturated heterocycles. The van der Waals surface area contributed by atoms with Gasteiger partial charge in [-0.15, -0.1) is 18.2 Å². The second kappa shape index (κ2) is 14.9. The van der Waals surface area contributed by atoms with Gasteiger partial charge in [0.05, 0.1) is 22.4 Å². The van der Waals surface area contributed by atoms with E-state index in [2.05, 4.69) is 113 Å². The van der Waals surface area contributed by atoms with Crippen LogP contribution in [0.1, 0.15) is 36.0 Å². The molecule has 57 heavy (non-hydrogen) atoms. The molecule has 0 saturated carbocycles. The van der Waals surface area contributed by atoms with E-state index in [1.54, 1.807) is 18.3 Å². The van der Waals surface area contributed by atoms with Crippen LogP contribution in [0.2, 0.25) is 17.3 Å². The number of imidazole rings is 1. The Morgan fingerprint density at radius 3 is 2.30 bits per heavy atom. The number of para-hydroxylation sites is 2. The number of aryl methyl sites for hydroxylation is 1. The van der Waals surface area contributed by atoms with E-state index in [4.69, 9.17) is 17.9 Å². The van der Waals surface area contributed by atoms with Gasteiger partial charge in [-0.05, 0) is 53.4 Å². The first-order valence-corrected chi connectivity index (χ1v) is 26.1. The van der Waals surface area contributed by atoms with E-state index in [-0.39, 0.29) is 25.5 Å². The molecule has 285 valence electrons. The maximum atomic E-state index is 7.35. The van der Waals surface area contributed by atoms with Gasteiger partial charge in [-0.2, -0.15) is 0 Å². The molecule has 0 aliphatic heterocycles. The summed E-state index contributed by atoms with van der Waals surface area (Å²) >= 11 is -1.83. The normalized spacial score (nSPS) is 13.0. The minimum atomic E-state index is -2.08. The third kappa shape index (κ3) is 7.25. The molecular formula is C49H42GeIrN4O2-2. The van der Waals surface area contributed by atoms with E-state index in [1.165, 1.54) is 16.0 Å². The second-order valence-corrected chi connectivity index (χ2v) is 26.9. The zero-order valence-corrected chi connectivity index (χ0v) is 37.1. The number of hydrogen-bond acceptors (Lipinski definition) is 5. The van der Waals surface area contributed by atoms with Crippen LogP contribution in [0.5, 0.6) is 0 Å². The molecule has 0 aliphatic carbocycles. The molecule has 6 nitrogen and oxygen atoms in total. The van der Waals surface area contributed by atoms with Gasteiger partial charge < -0.3 is 13.4 Å². The Balaban J connectivity index is 0.000000202. The van der Waals surface area contributed by atoms with Crippen molar-refractivity contribution in [1.82, 2.24) is 19.5 Å². The summed E-state index contributed by atoms with van der Waals surface area (Å²) in [5.74, 6) is 7.74. The van der Waals surface area contributed by atoms with Crippen molar-refractivity contribution in [3.8, 4) is 28.3 Å². The third-order valence-electron chi connectivity index (χ3n) is 10.3. The number of fused-ring (bicyclic) bond motifs is 7. The maximum absolute atomic E-state index is 7.35. The first-order chi connectivity index (χ1) is 28.1. The van der Waals surface area contributed by atoms with E-state index >= 15 is 0 Å². The van der Waals surface area contributed by atoms with Crippen LogP contribution in [0.25, 0.3) is 83.4 Å². The number of furan rings is 2.